The van der Waals surface area contributed by atoms with Gasteiger partial charge in [-0.1, -0.05) is 47.5 Å². The van der Waals surface area contributed by atoms with E-state index in [9.17, 15) is 0 Å². The van der Waals surface area contributed by atoms with Gasteiger partial charge >= 0.3 is 0 Å². The molecule has 114 valence electrons. The maximum atomic E-state index is 6.14. The summed E-state index contributed by atoms with van der Waals surface area (Å²) in [6.07, 6.45) is 1.07. The summed E-state index contributed by atoms with van der Waals surface area (Å²) in [5.41, 5.74) is 2.15. The summed E-state index contributed by atoms with van der Waals surface area (Å²) in [4.78, 5) is 4.55. The molecule has 0 atom stereocenters. The highest BCUT2D eigenvalue weighted by Gasteiger charge is 2.12. The first kappa shape index (κ1) is 15.2. The number of benzene rings is 2. The highest BCUT2D eigenvalue weighted by Crippen LogP contribution is 2.28. The lowest BCUT2D eigenvalue weighted by Crippen LogP contribution is -2.31. The standard InChI is InChI=1S/C17H16Cl2N2O/c18-13-6-7-16(15(19)10-13)22-11-12-4-1-2-5-14(12)17-20-8-3-9-21-17/h1-2,4-7,10H,3,8-9,11H2,(H,20,21). The van der Waals surface area contributed by atoms with Crippen LogP contribution in [0.4, 0.5) is 0 Å². The molecule has 0 unspecified atom stereocenters. The van der Waals surface area contributed by atoms with Gasteiger partial charge in [0, 0.05) is 29.2 Å². The summed E-state index contributed by atoms with van der Waals surface area (Å²) in [7, 11) is 0. The van der Waals surface area contributed by atoms with Crippen LogP contribution in [0.1, 0.15) is 17.5 Å². The first-order chi connectivity index (χ1) is 10.7. The average Bonchev–Trinajstić information content (AvgIpc) is 2.55. The lowest BCUT2D eigenvalue weighted by Gasteiger charge is -2.18. The number of nitrogens with zero attached hydrogens (tertiary/aromatic N) is 1. The molecule has 2 aromatic rings. The lowest BCUT2D eigenvalue weighted by atomic mass is 10.1. The molecule has 1 aliphatic heterocycles. The predicted molar refractivity (Wildman–Crippen MR) is 91.3 cm³/mol. The minimum atomic E-state index is 0.429. The Hall–Kier alpha value is -1.71. The van der Waals surface area contributed by atoms with E-state index in [4.69, 9.17) is 27.9 Å². The maximum absolute atomic E-state index is 6.14. The number of hydrogen-bond donors (Lipinski definition) is 1. The van der Waals surface area contributed by atoms with Crippen molar-refractivity contribution in [1.29, 1.82) is 0 Å². The number of rotatable bonds is 4. The third kappa shape index (κ3) is 3.54. The van der Waals surface area contributed by atoms with Crippen molar-refractivity contribution in [2.24, 2.45) is 4.99 Å². The zero-order chi connectivity index (χ0) is 15.4. The Morgan fingerprint density at radius 1 is 1.14 bits per heavy atom. The Bertz CT molecular complexity index is 701. The highest BCUT2D eigenvalue weighted by molar-refractivity contribution is 6.35. The molecular formula is C17H16Cl2N2O. The topological polar surface area (TPSA) is 33.6 Å². The largest absolute Gasteiger partial charge is 0.487 e. The Kier molecular flexibility index (Phi) is 4.86. The van der Waals surface area contributed by atoms with Crippen molar-refractivity contribution in [3.63, 3.8) is 0 Å². The highest BCUT2D eigenvalue weighted by atomic mass is 35.5. The van der Waals surface area contributed by atoms with Crippen LogP contribution in [0, 0.1) is 0 Å². The average molecular weight is 335 g/mol. The fourth-order valence-corrected chi connectivity index (χ4v) is 2.80. The van der Waals surface area contributed by atoms with E-state index < -0.39 is 0 Å². The molecule has 2 aromatic carbocycles. The molecule has 1 aliphatic rings. The summed E-state index contributed by atoms with van der Waals surface area (Å²) in [6.45, 7) is 2.25. The normalized spacial score (nSPS) is 14.2. The van der Waals surface area contributed by atoms with E-state index in [0.29, 0.717) is 22.4 Å². The first-order valence-electron chi connectivity index (χ1n) is 7.18. The molecule has 0 bridgehead atoms. The Morgan fingerprint density at radius 2 is 2.00 bits per heavy atom. The number of hydrogen-bond acceptors (Lipinski definition) is 3. The summed E-state index contributed by atoms with van der Waals surface area (Å²) in [5, 5.41) is 4.45. The zero-order valence-corrected chi connectivity index (χ0v) is 13.5. The number of nitrogens with one attached hydrogen (secondary N) is 1. The van der Waals surface area contributed by atoms with Crippen LogP contribution in [0.15, 0.2) is 47.5 Å². The van der Waals surface area contributed by atoms with E-state index in [1.54, 1.807) is 18.2 Å². The zero-order valence-electron chi connectivity index (χ0n) is 12.0. The van der Waals surface area contributed by atoms with Gasteiger partial charge in [0.15, 0.2) is 0 Å². The van der Waals surface area contributed by atoms with Crippen molar-refractivity contribution in [1.82, 2.24) is 5.32 Å². The van der Waals surface area contributed by atoms with Gasteiger partial charge in [-0.3, -0.25) is 4.99 Å². The molecule has 5 heteroatoms. The summed E-state index contributed by atoms with van der Waals surface area (Å²) in [6, 6.07) is 13.3. The van der Waals surface area contributed by atoms with Gasteiger partial charge in [0.1, 0.15) is 18.2 Å². The molecule has 0 aromatic heterocycles. The Balaban J connectivity index is 1.79. The lowest BCUT2D eigenvalue weighted by molar-refractivity contribution is 0.306. The third-order valence-electron chi connectivity index (χ3n) is 3.45. The molecule has 0 spiro atoms. The summed E-state index contributed by atoms with van der Waals surface area (Å²) < 4.78 is 5.84. The molecule has 22 heavy (non-hydrogen) atoms. The molecule has 0 aliphatic carbocycles. The van der Waals surface area contributed by atoms with Gasteiger partial charge in [0.05, 0.1) is 5.02 Å². The maximum Gasteiger partial charge on any atom is 0.138 e. The van der Waals surface area contributed by atoms with E-state index in [2.05, 4.69) is 16.4 Å². The van der Waals surface area contributed by atoms with Gasteiger partial charge in [0.2, 0.25) is 0 Å². The van der Waals surface area contributed by atoms with Crippen LogP contribution >= 0.6 is 23.2 Å². The fourth-order valence-electron chi connectivity index (χ4n) is 2.34. The molecule has 0 saturated carbocycles. The van der Waals surface area contributed by atoms with Crippen molar-refractivity contribution in [2.45, 2.75) is 13.0 Å². The molecule has 0 radical (unpaired) electrons. The second-order valence-electron chi connectivity index (χ2n) is 5.03. The van der Waals surface area contributed by atoms with E-state index >= 15 is 0 Å². The SMILES string of the molecule is Clc1ccc(OCc2ccccc2C2=NCCCN2)c(Cl)c1. The smallest absolute Gasteiger partial charge is 0.138 e. The molecular weight excluding hydrogens is 319 g/mol. The quantitative estimate of drug-likeness (QED) is 0.903. The number of amidine groups is 1. The number of aliphatic imine (C=N–C) groups is 1. The van der Waals surface area contributed by atoms with Crippen LogP contribution in [-0.4, -0.2) is 18.9 Å². The van der Waals surface area contributed by atoms with E-state index in [-0.39, 0.29) is 0 Å². The van der Waals surface area contributed by atoms with Crippen LogP contribution in [-0.2, 0) is 6.61 Å². The molecule has 1 N–H and O–H groups in total. The van der Waals surface area contributed by atoms with Gasteiger partial charge in [-0.15, -0.1) is 0 Å². The van der Waals surface area contributed by atoms with E-state index in [0.717, 1.165) is 36.5 Å². The second-order valence-corrected chi connectivity index (χ2v) is 5.87. The van der Waals surface area contributed by atoms with Crippen molar-refractivity contribution in [2.75, 3.05) is 13.1 Å². The molecule has 0 saturated heterocycles. The van der Waals surface area contributed by atoms with Gasteiger partial charge in [-0.25, -0.2) is 0 Å². The number of halogens is 2. The van der Waals surface area contributed by atoms with Crippen molar-refractivity contribution >= 4 is 29.0 Å². The summed E-state index contributed by atoms with van der Waals surface area (Å²) >= 11 is 12.0. The van der Waals surface area contributed by atoms with Crippen LogP contribution < -0.4 is 10.1 Å². The van der Waals surface area contributed by atoms with Crippen LogP contribution in [0.5, 0.6) is 5.75 Å². The monoisotopic (exact) mass is 334 g/mol. The Labute approximate surface area is 139 Å². The van der Waals surface area contributed by atoms with Crippen molar-refractivity contribution in [3.8, 4) is 5.75 Å². The second kappa shape index (κ2) is 7.03. The van der Waals surface area contributed by atoms with Crippen molar-refractivity contribution < 1.29 is 4.74 Å². The number of ether oxygens (including phenoxy) is 1. The Morgan fingerprint density at radius 3 is 2.77 bits per heavy atom. The minimum absolute atomic E-state index is 0.429. The minimum Gasteiger partial charge on any atom is -0.487 e. The fraction of sp³-hybridized carbons (Fsp3) is 0.235. The van der Waals surface area contributed by atoms with Gasteiger partial charge in [-0.05, 0) is 24.6 Å². The van der Waals surface area contributed by atoms with E-state index in [1.165, 1.54) is 0 Å². The molecule has 0 amide bonds. The van der Waals surface area contributed by atoms with Gasteiger partial charge in [0.25, 0.3) is 0 Å². The van der Waals surface area contributed by atoms with Crippen LogP contribution in [0.3, 0.4) is 0 Å². The molecule has 0 fully saturated rings. The summed E-state index contributed by atoms with van der Waals surface area (Å²) in [5.74, 6) is 1.56. The molecule has 1 heterocycles. The van der Waals surface area contributed by atoms with Crippen LogP contribution in [0.25, 0.3) is 0 Å². The predicted octanol–water partition coefficient (Wildman–Crippen LogP) is 4.31. The van der Waals surface area contributed by atoms with Crippen molar-refractivity contribution in [3.05, 3.63) is 63.6 Å². The first-order valence-corrected chi connectivity index (χ1v) is 7.94. The third-order valence-corrected chi connectivity index (χ3v) is 3.98. The van der Waals surface area contributed by atoms with Gasteiger partial charge in [-0.2, -0.15) is 0 Å². The molecule has 3 nitrogen and oxygen atoms in total. The van der Waals surface area contributed by atoms with Gasteiger partial charge < -0.3 is 10.1 Å². The van der Waals surface area contributed by atoms with Crippen LogP contribution in [0.2, 0.25) is 10.0 Å². The molecule has 3 rings (SSSR count). The van der Waals surface area contributed by atoms with E-state index in [1.807, 2.05) is 18.2 Å².